The smallest absolute Gasteiger partial charge is 0.331 e. The van der Waals surface area contributed by atoms with Gasteiger partial charge in [-0.1, -0.05) is 30.3 Å². The average molecular weight is 410 g/mol. The highest BCUT2D eigenvalue weighted by atomic mass is 32.1. The van der Waals surface area contributed by atoms with E-state index in [9.17, 15) is 9.59 Å². The second-order valence-electron chi connectivity index (χ2n) is 6.58. The summed E-state index contributed by atoms with van der Waals surface area (Å²) in [5.41, 5.74) is 1.63. The molecule has 10 heteroatoms. The van der Waals surface area contributed by atoms with Crippen LogP contribution in [0.4, 0.5) is 0 Å². The third-order valence-electron chi connectivity index (χ3n) is 4.67. The zero-order chi connectivity index (χ0) is 20.4. The Morgan fingerprint density at radius 2 is 2.07 bits per heavy atom. The van der Waals surface area contributed by atoms with E-state index in [1.807, 2.05) is 44.2 Å². The first-order chi connectivity index (χ1) is 14.0. The van der Waals surface area contributed by atoms with Gasteiger partial charge in [-0.25, -0.2) is 14.5 Å². The Labute approximate surface area is 169 Å². The topological polar surface area (TPSA) is 116 Å². The Morgan fingerprint density at radius 3 is 2.79 bits per heavy atom. The number of H-pyrrole nitrogens is 1. The largest absolute Gasteiger partial charge is 0.456 e. The summed E-state index contributed by atoms with van der Waals surface area (Å²) in [5.74, 6) is -0.213. The molecule has 0 fully saturated rings. The average Bonchev–Trinajstić information content (AvgIpc) is 3.34. The van der Waals surface area contributed by atoms with Crippen molar-refractivity contribution in [1.82, 2.24) is 30.2 Å². The minimum Gasteiger partial charge on any atom is -0.456 e. The van der Waals surface area contributed by atoms with E-state index in [1.165, 1.54) is 22.3 Å². The summed E-state index contributed by atoms with van der Waals surface area (Å²) in [4.78, 5) is 34.0. The summed E-state index contributed by atoms with van der Waals surface area (Å²) in [6.45, 7) is 3.69. The van der Waals surface area contributed by atoms with Gasteiger partial charge >= 0.3 is 5.97 Å². The Balaban J connectivity index is 1.54. The highest BCUT2D eigenvalue weighted by Gasteiger charge is 2.24. The van der Waals surface area contributed by atoms with E-state index in [0.29, 0.717) is 22.5 Å². The monoisotopic (exact) mass is 410 g/mol. The van der Waals surface area contributed by atoms with Crippen LogP contribution in [0, 0.1) is 13.8 Å². The van der Waals surface area contributed by atoms with Gasteiger partial charge in [0.25, 0.3) is 5.56 Å². The number of rotatable bonds is 6. The summed E-state index contributed by atoms with van der Waals surface area (Å²) < 4.78 is 6.81. The van der Waals surface area contributed by atoms with Crippen molar-refractivity contribution >= 4 is 27.5 Å². The van der Waals surface area contributed by atoms with E-state index in [4.69, 9.17) is 4.74 Å². The Kier molecular flexibility index (Phi) is 5.17. The normalized spacial score (nSPS) is 12.2. The van der Waals surface area contributed by atoms with Crippen LogP contribution in [0.2, 0.25) is 0 Å². The van der Waals surface area contributed by atoms with E-state index in [-0.39, 0.29) is 12.2 Å². The van der Waals surface area contributed by atoms with Gasteiger partial charge < -0.3 is 9.72 Å². The van der Waals surface area contributed by atoms with Gasteiger partial charge in [0.1, 0.15) is 23.6 Å². The minimum absolute atomic E-state index is 0.145. The molecule has 3 heterocycles. The SMILES string of the molecule is Cc1sc2nc(COC(=O)[C@@H](Cc3ccccc3)n3cnnn3)[nH]c(=O)c2c1C. The Morgan fingerprint density at radius 1 is 1.28 bits per heavy atom. The van der Waals surface area contributed by atoms with Crippen LogP contribution >= 0.6 is 11.3 Å². The highest BCUT2D eigenvalue weighted by molar-refractivity contribution is 7.18. The molecule has 0 bridgehead atoms. The predicted molar refractivity (Wildman–Crippen MR) is 107 cm³/mol. The number of aromatic amines is 1. The van der Waals surface area contributed by atoms with Crippen LogP contribution in [0.5, 0.6) is 0 Å². The van der Waals surface area contributed by atoms with E-state index in [2.05, 4.69) is 25.5 Å². The van der Waals surface area contributed by atoms with Crippen LogP contribution in [0.25, 0.3) is 10.2 Å². The summed E-state index contributed by atoms with van der Waals surface area (Å²) in [6.07, 6.45) is 1.75. The third-order valence-corrected chi connectivity index (χ3v) is 5.77. The zero-order valence-corrected chi connectivity index (χ0v) is 16.6. The number of nitrogens with zero attached hydrogens (tertiary/aromatic N) is 5. The van der Waals surface area contributed by atoms with Gasteiger partial charge in [0.15, 0.2) is 6.04 Å². The van der Waals surface area contributed by atoms with Crippen molar-refractivity contribution < 1.29 is 9.53 Å². The molecule has 29 heavy (non-hydrogen) atoms. The molecule has 0 unspecified atom stereocenters. The van der Waals surface area contributed by atoms with Gasteiger partial charge in [0.05, 0.1) is 5.39 Å². The van der Waals surface area contributed by atoms with Crippen LogP contribution in [-0.4, -0.2) is 36.1 Å². The number of ether oxygens (including phenoxy) is 1. The predicted octanol–water partition coefficient (Wildman–Crippen LogP) is 2.12. The lowest BCUT2D eigenvalue weighted by molar-refractivity contribution is -0.149. The van der Waals surface area contributed by atoms with Crippen LogP contribution in [-0.2, 0) is 22.6 Å². The number of hydrogen-bond donors (Lipinski definition) is 1. The molecule has 4 rings (SSSR count). The minimum atomic E-state index is -0.728. The molecule has 0 aliphatic rings. The molecule has 0 amide bonds. The van der Waals surface area contributed by atoms with Crippen molar-refractivity contribution in [2.75, 3.05) is 0 Å². The summed E-state index contributed by atoms with van der Waals surface area (Å²) in [6, 6.07) is 8.80. The molecule has 9 nitrogen and oxygen atoms in total. The van der Waals surface area contributed by atoms with Crippen molar-refractivity contribution in [3.05, 3.63) is 68.8 Å². The van der Waals surface area contributed by atoms with E-state index in [0.717, 1.165) is 16.0 Å². The van der Waals surface area contributed by atoms with Crippen molar-refractivity contribution in [1.29, 1.82) is 0 Å². The Bertz CT molecular complexity index is 1200. The third kappa shape index (κ3) is 3.92. The standard InChI is InChI=1S/C19H18N6O3S/c1-11-12(2)29-18-16(11)17(26)21-15(22-18)9-28-19(27)14(25-10-20-23-24-25)8-13-6-4-3-5-7-13/h3-7,10,14H,8-9H2,1-2H3,(H,21,22,26)/t14-/m1/s1. The van der Waals surface area contributed by atoms with Gasteiger partial charge in [-0.2, -0.15) is 0 Å². The van der Waals surface area contributed by atoms with Crippen molar-refractivity contribution in [2.45, 2.75) is 32.9 Å². The van der Waals surface area contributed by atoms with Gasteiger partial charge in [0.2, 0.25) is 0 Å². The molecule has 0 aliphatic carbocycles. The molecule has 4 aromatic rings. The van der Waals surface area contributed by atoms with Gasteiger partial charge in [-0.15, -0.1) is 16.4 Å². The van der Waals surface area contributed by atoms with Crippen LogP contribution in [0.15, 0.2) is 41.5 Å². The molecule has 0 spiro atoms. The molecule has 1 atom stereocenters. The zero-order valence-electron chi connectivity index (χ0n) is 15.8. The number of thiophene rings is 1. The summed E-state index contributed by atoms with van der Waals surface area (Å²) in [5, 5.41) is 11.6. The molecule has 0 aliphatic heterocycles. The van der Waals surface area contributed by atoms with E-state index in [1.54, 1.807) is 0 Å². The lowest BCUT2D eigenvalue weighted by atomic mass is 10.1. The van der Waals surface area contributed by atoms with Crippen molar-refractivity contribution in [3.63, 3.8) is 0 Å². The number of carbonyl (C=O) groups excluding carboxylic acids is 1. The number of aryl methyl sites for hydroxylation is 2. The summed E-state index contributed by atoms with van der Waals surface area (Å²) >= 11 is 1.45. The van der Waals surface area contributed by atoms with Gasteiger partial charge in [0, 0.05) is 11.3 Å². The van der Waals surface area contributed by atoms with Crippen molar-refractivity contribution in [2.24, 2.45) is 0 Å². The first-order valence-electron chi connectivity index (χ1n) is 8.95. The number of fused-ring (bicyclic) bond motifs is 1. The molecule has 1 aromatic carbocycles. The maximum Gasteiger partial charge on any atom is 0.331 e. The maximum absolute atomic E-state index is 12.8. The highest BCUT2D eigenvalue weighted by Crippen LogP contribution is 2.25. The number of hydrogen-bond acceptors (Lipinski definition) is 8. The second kappa shape index (κ2) is 7.92. The van der Waals surface area contributed by atoms with Gasteiger partial charge in [-0.05, 0) is 35.4 Å². The van der Waals surface area contributed by atoms with Crippen molar-refractivity contribution in [3.8, 4) is 0 Å². The van der Waals surface area contributed by atoms with Crippen LogP contribution in [0.1, 0.15) is 27.9 Å². The molecule has 0 radical (unpaired) electrons. The molecular weight excluding hydrogens is 392 g/mol. The lowest BCUT2D eigenvalue weighted by Gasteiger charge is -2.15. The number of aromatic nitrogens is 6. The lowest BCUT2D eigenvalue weighted by Crippen LogP contribution is -2.25. The quantitative estimate of drug-likeness (QED) is 0.484. The van der Waals surface area contributed by atoms with Crippen LogP contribution < -0.4 is 5.56 Å². The van der Waals surface area contributed by atoms with E-state index < -0.39 is 12.0 Å². The first kappa shape index (κ1) is 18.9. The number of carbonyl (C=O) groups is 1. The fourth-order valence-electron chi connectivity index (χ4n) is 3.04. The molecule has 0 saturated heterocycles. The molecule has 1 N–H and O–H groups in total. The van der Waals surface area contributed by atoms with Crippen LogP contribution in [0.3, 0.4) is 0 Å². The molecule has 3 aromatic heterocycles. The van der Waals surface area contributed by atoms with E-state index >= 15 is 0 Å². The summed E-state index contributed by atoms with van der Waals surface area (Å²) in [7, 11) is 0. The maximum atomic E-state index is 12.8. The number of benzene rings is 1. The molecule has 0 saturated carbocycles. The first-order valence-corrected chi connectivity index (χ1v) is 9.76. The molecular formula is C19H18N6O3S. The number of esters is 1. The fourth-order valence-corrected chi connectivity index (χ4v) is 4.09. The Hall–Kier alpha value is -3.40. The number of tetrazole rings is 1. The van der Waals surface area contributed by atoms with Gasteiger partial charge in [-0.3, -0.25) is 4.79 Å². The second-order valence-corrected chi connectivity index (χ2v) is 7.78. The fraction of sp³-hybridized carbons (Fsp3) is 0.263. The number of nitrogens with one attached hydrogen (secondary N) is 1. The molecule has 148 valence electrons.